The van der Waals surface area contributed by atoms with E-state index in [-0.39, 0.29) is 17.6 Å². The van der Waals surface area contributed by atoms with E-state index in [1.54, 1.807) is 11.4 Å². The summed E-state index contributed by atoms with van der Waals surface area (Å²) in [5.74, 6) is -0.454. The van der Waals surface area contributed by atoms with Gasteiger partial charge in [0.25, 0.3) is 10.0 Å². The van der Waals surface area contributed by atoms with E-state index in [0.29, 0.717) is 17.1 Å². The molecule has 0 saturated carbocycles. The lowest BCUT2D eigenvalue weighted by atomic mass is 10.1. The van der Waals surface area contributed by atoms with Crippen LogP contribution in [0.3, 0.4) is 0 Å². The first-order chi connectivity index (χ1) is 13.5. The van der Waals surface area contributed by atoms with Crippen LogP contribution < -0.4 is 9.62 Å². The number of benzene rings is 1. The van der Waals surface area contributed by atoms with E-state index in [9.17, 15) is 13.2 Å². The third-order valence-corrected chi connectivity index (χ3v) is 7.63. The molecular formula is C20H22N2O4S2. The molecule has 2 aliphatic heterocycles. The van der Waals surface area contributed by atoms with E-state index in [2.05, 4.69) is 5.32 Å². The number of rotatable bonds is 5. The van der Waals surface area contributed by atoms with E-state index < -0.39 is 15.8 Å². The van der Waals surface area contributed by atoms with E-state index in [1.165, 1.54) is 21.8 Å². The van der Waals surface area contributed by atoms with Gasteiger partial charge in [0.05, 0.1) is 18.3 Å². The van der Waals surface area contributed by atoms with E-state index >= 15 is 0 Å². The van der Waals surface area contributed by atoms with Gasteiger partial charge in [0.1, 0.15) is 4.88 Å². The van der Waals surface area contributed by atoms with Crippen molar-refractivity contribution in [2.24, 2.45) is 0 Å². The minimum absolute atomic E-state index is 0.0548. The third-order valence-electron chi connectivity index (χ3n) is 4.96. The van der Waals surface area contributed by atoms with Crippen molar-refractivity contribution < 1.29 is 17.9 Å². The topological polar surface area (TPSA) is 75.7 Å². The smallest absolute Gasteiger partial charge is 0.270 e. The summed E-state index contributed by atoms with van der Waals surface area (Å²) in [7, 11) is -3.95. The van der Waals surface area contributed by atoms with Gasteiger partial charge in [0.2, 0.25) is 5.78 Å². The Kier molecular flexibility index (Phi) is 5.27. The van der Waals surface area contributed by atoms with Gasteiger partial charge in [-0.05, 0) is 36.8 Å². The average molecular weight is 419 g/mol. The second-order valence-electron chi connectivity index (χ2n) is 7.01. The SMILES string of the molecule is Cc1ccc(CN2c3ccsc3C(=O)/C(=C/NC[C@H]3CCCO3)S2(=O)=O)cc1. The molecule has 1 atom stereocenters. The maximum absolute atomic E-state index is 13.3. The number of thiophene rings is 1. The van der Waals surface area contributed by atoms with Crippen LogP contribution in [-0.4, -0.2) is 33.5 Å². The highest BCUT2D eigenvalue weighted by molar-refractivity contribution is 7.97. The molecule has 0 bridgehead atoms. The molecule has 0 aliphatic carbocycles. The Morgan fingerprint density at radius 3 is 2.79 bits per heavy atom. The van der Waals surface area contributed by atoms with Crippen molar-refractivity contribution in [3.63, 3.8) is 0 Å². The minimum atomic E-state index is -3.95. The second-order valence-corrected chi connectivity index (χ2v) is 9.76. The van der Waals surface area contributed by atoms with Gasteiger partial charge in [-0.1, -0.05) is 29.8 Å². The maximum atomic E-state index is 13.3. The summed E-state index contributed by atoms with van der Waals surface area (Å²) < 4.78 is 33.4. The van der Waals surface area contributed by atoms with Gasteiger partial charge < -0.3 is 10.1 Å². The number of fused-ring (bicyclic) bond motifs is 1. The van der Waals surface area contributed by atoms with Gasteiger partial charge >= 0.3 is 0 Å². The molecule has 148 valence electrons. The lowest BCUT2D eigenvalue weighted by Gasteiger charge is -2.29. The minimum Gasteiger partial charge on any atom is -0.387 e. The largest absolute Gasteiger partial charge is 0.387 e. The van der Waals surface area contributed by atoms with Crippen LogP contribution >= 0.6 is 11.3 Å². The monoisotopic (exact) mass is 418 g/mol. The molecule has 0 unspecified atom stereocenters. The van der Waals surface area contributed by atoms with Crippen LogP contribution in [0.15, 0.2) is 46.8 Å². The number of carbonyl (C=O) groups excluding carboxylic acids is 1. The van der Waals surface area contributed by atoms with E-state index in [1.807, 2.05) is 31.2 Å². The van der Waals surface area contributed by atoms with Crippen LogP contribution in [0.2, 0.25) is 0 Å². The van der Waals surface area contributed by atoms with Gasteiger partial charge in [0, 0.05) is 19.4 Å². The van der Waals surface area contributed by atoms with Crippen LogP contribution in [0.5, 0.6) is 0 Å². The summed E-state index contributed by atoms with van der Waals surface area (Å²) in [5, 5.41) is 4.74. The molecule has 2 aliphatic rings. The van der Waals surface area contributed by atoms with Crippen LogP contribution in [0.1, 0.15) is 33.6 Å². The van der Waals surface area contributed by atoms with Crippen LogP contribution in [0.25, 0.3) is 0 Å². The molecule has 1 aromatic heterocycles. The molecule has 0 amide bonds. The van der Waals surface area contributed by atoms with Gasteiger partial charge in [-0.25, -0.2) is 8.42 Å². The molecule has 1 saturated heterocycles. The number of sulfonamides is 1. The Bertz CT molecular complexity index is 1000. The number of ketones is 1. The molecule has 4 rings (SSSR count). The molecule has 28 heavy (non-hydrogen) atoms. The summed E-state index contributed by atoms with van der Waals surface area (Å²) in [5.41, 5.74) is 2.43. The lowest BCUT2D eigenvalue weighted by Crippen LogP contribution is -2.39. The molecule has 6 nitrogen and oxygen atoms in total. The van der Waals surface area contributed by atoms with Gasteiger partial charge in [0.15, 0.2) is 4.91 Å². The fourth-order valence-corrected chi connectivity index (χ4v) is 5.91. The zero-order valence-corrected chi connectivity index (χ0v) is 17.2. The molecule has 2 aromatic rings. The first kappa shape index (κ1) is 19.2. The van der Waals surface area contributed by atoms with Crippen molar-refractivity contribution in [3.8, 4) is 0 Å². The zero-order chi connectivity index (χ0) is 19.7. The van der Waals surface area contributed by atoms with Crippen LogP contribution in [-0.2, 0) is 21.3 Å². The number of Topliss-reactive ketones (excluding diaryl/α,β-unsaturated/α-hetero) is 1. The summed E-state index contributed by atoms with van der Waals surface area (Å²) in [4.78, 5) is 13.1. The summed E-state index contributed by atoms with van der Waals surface area (Å²) in [6.07, 6.45) is 3.33. The molecule has 1 aromatic carbocycles. The molecular weight excluding hydrogens is 396 g/mol. The van der Waals surface area contributed by atoms with Crippen molar-refractivity contribution in [3.05, 3.63) is 62.8 Å². The highest BCUT2D eigenvalue weighted by Gasteiger charge is 2.41. The molecule has 1 N–H and O–H groups in total. The predicted octanol–water partition coefficient (Wildman–Crippen LogP) is 3.20. The van der Waals surface area contributed by atoms with Crippen molar-refractivity contribution in [2.45, 2.75) is 32.4 Å². The Hall–Kier alpha value is -2.16. The number of anilines is 1. The number of nitrogens with zero attached hydrogens (tertiary/aromatic N) is 1. The number of ether oxygens (including phenoxy) is 1. The number of nitrogens with one attached hydrogen (secondary N) is 1. The molecule has 3 heterocycles. The summed E-state index contributed by atoms with van der Waals surface area (Å²) >= 11 is 1.26. The highest BCUT2D eigenvalue weighted by atomic mass is 32.2. The van der Waals surface area contributed by atoms with Crippen molar-refractivity contribution in [1.29, 1.82) is 0 Å². The Morgan fingerprint density at radius 2 is 2.07 bits per heavy atom. The number of carbonyl (C=O) groups is 1. The van der Waals surface area contributed by atoms with Crippen LogP contribution in [0.4, 0.5) is 5.69 Å². The van der Waals surface area contributed by atoms with Gasteiger partial charge in [-0.3, -0.25) is 9.10 Å². The first-order valence-electron chi connectivity index (χ1n) is 9.22. The Labute approximate surface area is 168 Å². The summed E-state index contributed by atoms with van der Waals surface area (Å²) in [6, 6.07) is 9.41. The number of hydrogen-bond acceptors (Lipinski definition) is 6. The Balaban J connectivity index is 1.64. The highest BCUT2D eigenvalue weighted by Crippen LogP contribution is 2.39. The normalized spacial score (nSPS) is 22.5. The first-order valence-corrected chi connectivity index (χ1v) is 11.5. The fourth-order valence-electron chi connectivity index (χ4n) is 3.40. The quantitative estimate of drug-likeness (QED) is 0.755. The van der Waals surface area contributed by atoms with Crippen molar-refractivity contribution in [1.82, 2.24) is 5.32 Å². The molecule has 8 heteroatoms. The van der Waals surface area contributed by atoms with E-state index in [0.717, 1.165) is 30.6 Å². The fraction of sp³-hybridized carbons (Fsp3) is 0.350. The predicted molar refractivity (Wildman–Crippen MR) is 110 cm³/mol. The molecule has 1 fully saturated rings. The zero-order valence-electron chi connectivity index (χ0n) is 15.6. The number of aryl methyl sites for hydroxylation is 1. The molecule has 0 radical (unpaired) electrons. The van der Waals surface area contributed by atoms with Crippen molar-refractivity contribution in [2.75, 3.05) is 17.5 Å². The number of allylic oxidation sites excluding steroid dienone is 1. The maximum Gasteiger partial charge on any atom is 0.270 e. The van der Waals surface area contributed by atoms with Crippen molar-refractivity contribution >= 4 is 32.8 Å². The average Bonchev–Trinajstić information content (AvgIpc) is 3.35. The third kappa shape index (κ3) is 3.59. The second kappa shape index (κ2) is 7.69. The van der Waals surface area contributed by atoms with Gasteiger partial charge in [-0.2, -0.15) is 0 Å². The van der Waals surface area contributed by atoms with E-state index in [4.69, 9.17) is 4.74 Å². The lowest BCUT2D eigenvalue weighted by molar-refractivity contribution is 0.104. The Morgan fingerprint density at radius 1 is 1.29 bits per heavy atom. The molecule has 0 spiro atoms. The van der Waals surface area contributed by atoms with Gasteiger partial charge in [-0.15, -0.1) is 11.3 Å². The van der Waals surface area contributed by atoms with Crippen LogP contribution in [0, 0.1) is 6.92 Å². The summed E-state index contributed by atoms with van der Waals surface area (Å²) in [6.45, 7) is 3.38. The standard InChI is InChI=1S/C20H22N2O4S2/c1-14-4-6-15(7-5-14)13-22-17-8-10-27-20(17)19(23)18(28(22,24)25)12-21-11-16-3-2-9-26-16/h4-8,10,12,16,21H,2-3,9,11,13H2,1H3/b18-12-/t16-/m1/s1. The number of hydrogen-bond donors (Lipinski definition) is 1.